The third-order valence-electron chi connectivity index (χ3n) is 11.3. The maximum atomic E-state index is 14.0. The van der Waals surface area contributed by atoms with E-state index in [4.69, 9.17) is 0 Å². The molecule has 13 heteroatoms. The van der Waals surface area contributed by atoms with Gasteiger partial charge in [0.2, 0.25) is 17.7 Å². The first-order chi connectivity index (χ1) is 27.6. The summed E-state index contributed by atoms with van der Waals surface area (Å²) in [6.07, 6.45) is 5.96. The Morgan fingerprint density at radius 2 is 1.47 bits per heavy atom. The zero-order valence-electron chi connectivity index (χ0n) is 31.9. The normalized spacial score (nSPS) is 21.5. The van der Waals surface area contributed by atoms with Crippen molar-refractivity contribution in [2.24, 2.45) is 4.99 Å². The lowest BCUT2D eigenvalue weighted by Crippen LogP contribution is -2.52. The van der Waals surface area contributed by atoms with E-state index in [0.29, 0.717) is 36.1 Å². The summed E-state index contributed by atoms with van der Waals surface area (Å²) < 4.78 is 0. The van der Waals surface area contributed by atoms with Gasteiger partial charge in [-0.2, -0.15) is 0 Å². The van der Waals surface area contributed by atoms with Crippen LogP contribution < -0.4 is 10.6 Å². The molecule has 0 radical (unpaired) electrons. The quantitative estimate of drug-likeness (QED) is 0.0393. The van der Waals surface area contributed by atoms with E-state index in [0.717, 1.165) is 11.1 Å². The molecule has 0 aromatic heterocycles. The van der Waals surface area contributed by atoms with Crippen LogP contribution in [-0.4, -0.2) is 69.3 Å². The van der Waals surface area contributed by atoms with Crippen molar-refractivity contribution >= 4 is 66.4 Å². The number of anilines is 1. The molecule has 0 spiro atoms. The highest BCUT2D eigenvalue weighted by Crippen LogP contribution is 2.35. The van der Waals surface area contributed by atoms with Crippen molar-refractivity contribution in [2.75, 3.05) is 5.32 Å². The topological polar surface area (TPSA) is 179 Å². The standard InChI is InChI=1S/C45H44N4O8.H2S/c50-38-21-29(27-11-4-1-5-12-27)22-39(51)32(38)15-8-3-9-17-36(46-25-33-40(52)23-30(24-41(33)53)28-13-6-2-7-14-28)43(55)47-35-18-10-16-31-34(35)26-49(45(31)57)37-19-20-42(54)48-44(37)56;/h1-2,4-7,10-16,18,25,29-30,36-37,52H,3,8-9,17,19-24,26H2,(H,47,55)(H,48,54,56);1H2/p-1/t29?,30?,36-,37?;/m0./s1. The summed E-state index contributed by atoms with van der Waals surface area (Å²) in [7, 11) is 0. The number of thiol groups is 1. The van der Waals surface area contributed by atoms with Crippen LogP contribution >= 0.6 is 0 Å². The number of piperidine rings is 1. The van der Waals surface area contributed by atoms with Gasteiger partial charge in [0, 0.05) is 61.7 Å². The maximum Gasteiger partial charge on any atom is 0.255 e. The van der Waals surface area contributed by atoms with E-state index in [1.54, 1.807) is 24.3 Å². The molecule has 1 saturated carbocycles. The first-order valence-corrected chi connectivity index (χ1v) is 19.5. The summed E-state index contributed by atoms with van der Waals surface area (Å²) in [5.41, 5.74) is 3.42. The third kappa shape index (κ3) is 9.26. The van der Waals surface area contributed by atoms with Gasteiger partial charge in [-0.05, 0) is 60.8 Å². The molecule has 2 fully saturated rings. The fourth-order valence-electron chi connectivity index (χ4n) is 8.19. The van der Waals surface area contributed by atoms with Gasteiger partial charge in [0.1, 0.15) is 17.8 Å². The van der Waals surface area contributed by atoms with Crippen LogP contribution in [0, 0.1) is 0 Å². The number of ketones is 3. The lowest BCUT2D eigenvalue weighted by molar-refractivity contribution is -0.137. The number of Topliss-reactive ketones (excluding diaryl/α,β-unsaturated/α-hetero) is 3. The molecular weight excluding hydrogens is 757 g/mol. The van der Waals surface area contributed by atoms with Crippen molar-refractivity contribution < 1.29 is 38.7 Å². The van der Waals surface area contributed by atoms with Gasteiger partial charge in [-0.1, -0.05) is 79.2 Å². The summed E-state index contributed by atoms with van der Waals surface area (Å²) in [4.78, 5) is 96.9. The second-order valence-corrected chi connectivity index (χ2v) is 15.1. The Hall–Kier alpha value is -5.95. The number of aliphatic imine (C=N–C) groups is 1. The van der Waals surface area contributed by atoms with Crippen LogP contribution in [0.2, 0.25) is 0 Å². The first-order valence-electron chi connectivity index (χ1n) is 19.5. The predicted octanol–water partition coefficient (Wildman–Crippen LogP) is 5.72. The molecule has 0 bridgehead atoms. The number of nitrogens with zero attached hydrogens (tertiary/aromatic N) is 2. The second kappa shape index (κ2) is 18.5. The van der Waals surface area contributed by atoms with Gasteiger partial charge in [-0.3, -0.25) is 43.9 Å². The first kappa shape index (κ1) is 41.7. The molecule has 3 atom stereocenters. The van der Waals surface area contributed by atoms with E-state index in [9.17, 15) is 38.7 Å². The van der Waals surface area contributed by atoms with Gasteiger partial charge in [0.15, 0.2) is 17.3 Å². The molecule has 7 rings (SSSR count). The van der Waals surface area contributed by atoms with E-state index < -0.39 is 23.9 Å². The number of unbranched alkanes of at least 4 members (excludes halogenated alkanes) is 2. The lowest BCUT2D eigenvalue weighted by atomic mass is 9.79. The number of amides is 4. The minimum atomic E-state index is -0.999. The minimum absolute atomic E-state index is 0. The van der Waals surface area contributed by atoms with Crippen molar-refractivity contribution in [3.8, 4) is 0 Å². The highest BCUT2D eigenvalue weighted by atomic mass is 32.1. The summed E-state index contributed by atoms with van der Waals surface area (Å²) in [5, 5.41) is 16.2. The number of aliphatic hydroxyl groups is 1. The van der Waals surface area contributed by atoms with Crippen molar-refractivity contribution in [1.82, 2.24) is 10.2 Å². The van der Waals surface area contributed by atoms with Crippen LogP contribution in [0.1, 0.15) is 103 Å². The number of nitrogens with one attached hydrogen (secondary N) is 2. The van der Waals surface area contributed by atoms with Crippen LogP contribution in [0.3, 0.4) is 0 Å². The zero-order valence-corrected chi connectivity index (χ0v) is 32.8. The van der Waals surface area contributed by atoms with Crippen molar-refractivity contribution in [1.29, 1.82) is 0 Å². The van der Waals surface area contributed by atoms with E-state index in [2.05, 4.69) is 15.6 Å². The Bertz CT molecular complexity index is 2200. The SMILES string of the molecule is O=C1CCC(N2Cc3c(NC(=O)[C@H](CCCCC=C4C(=O)CC(c5ccccc5)CC4=O)N=CC4=C(O)CC(c5ccccc5)CC4=O)cccc3C2=O)C(=O)N1.[SH-]. The van der Waals surface area contributed by atoms with Gasteiger partial charge >= 0.3 is 0 Å². The van der Waals surface area contributed by atoms with Gasteiger partial charge < -0.3 is 28.8 Å². The van der Waals surface area contributed by atoms with Crippen LogP contribution in [-0.2, 0) is 48.8 Å². The number of carbonyl (C=O) groups is 7. The second-order valence-electron chi connectivity index (χ2n) is 15.1. The number of allylic oxidation sites excluding steroid dienone is 4. The van der Waals surface area contributed by atoms with Crippen LogP contribution in [0.5, 0.6) is 0 Å². The average molecular weight is 802 g/mol. The molecule has 2 unspecified atom stereocenters. The fourth-order valence-corrected chi connectivity index (χ4v) is 8.19. The van der Waals surface area contributed by atoms with Crippen LogP contribution in [0.25, 0.3) is 0 Å². The number of hydrogen-bond donors (Lipinski definition) is 3. The van der Waals surface area contributed by atoms with E-state index in [-0.39, 0.29) is 123 Å². The minimum Gasteiger partial charge on any atom is -0.813 e. The number of benzene rings is 3. The maximum absolute atomic E-state index is 14.0. The molecule has 2 aliphatic carbocycles. The zero-order chi connectivity index (χ0) is 40.1. The number of imide groups is 1. The molecule has 300 valence electrons. The molecule has 4 amide bonds. The summed E-state index contributed by atoms with van der Waals surface area (Å²) in [6.45, 7) is 0.0564. The number of rotatable bonds is 12. The molecule has 3 aromatic rings. The van der Waals surface area contributed by atoms with Gasteiger partial charge in [0.25, 0.3) is 5.91 Å². The molecule has 58 heavy (non-hydrogen) atoms. The molecule has 3 N–H and O–H groups in total. The third-order valence-corrected chi connectivity index (χ3v) is 11.3. The number of fused-ring (bicyclic) bond motifs is 1. The lowest BCUT2D eigenvalue weighted by Gasteiger charge is -2.29. The average Bonchev–Trinajstić information content (AvgIpc) is 3.54. The smallest absolute Gasteiger partial charge is 0.255 e. The molecule has 2 aliphatic heterocycles. The Balaban J connectivity index is 0.00000567. The van der Waals surface area contributed by atoms with Gasteiger partial charge in [0.05, 0.1) is 11.1 Å². The molecule has 2 heterocycles. The largest absolute Gasteiger partial charge is 0.813 e. The van der Waals surface area contributed by atoms with Gasteiger partial charge in [-0.25, -0.2) is 0 Å². The highest BCUT2D eigenvalue weighted by molar-refractivity contribution is 7.37. The predicted molar refractivity (Wildman–Crippen MR) is 220 cm³/mol. The van der Waals surface area contributed by atoms with Crippen LogP contribution in [0.15, 0.2) is 107 Å². The van der Waals surface area contributed by atoms with Crippen molar-refractivity contribution in [3.63, 3.8) is 0 Å². The molecule has 4 aliphatic rings. The van der Waals surface area contributed by atoms with Gasteiger partial charge in [-0.15, -0.1) is 0 Å². The van der Waals surface area contributed by atoms with E-state index in [1.807, 2.05) is 60.7 Å². The molecule has 3 aromatic carbocycles. The number of hydrogen-bond acceptors (Lipinski definition) is 10. The number of carbonyl (C=O) groups excluding carboxylic acids is 7. The monoisotopic (exact) mass is 801 g/mol. The molecule has 1 saturated heterocycles. The Kier molecular flexibility index (Phi) is 13.3. The van der Waals surface area contributed by atoms with E-state index in [1.165, 1.54) is 11.1 Å². The Morgan fingerprint density at radius 1 is 0.828 bits per heavy atom. The van der Waals surface area contributed by atoms with Crippen LogP contribution in [0.4, 0.5) is 5.69 Å². The Morgan fingerprint density at radius 3 is 2.10 bits per heavy atom. The summed E-state index contributed by atoms with van der Waals surface area (Å²) in [6, 6.07) is 22.1. The summed E-state index contributed by atoms with van der Waals surface area (Å²) in [5.74, 6) is -2.86. The fraction of sp³-hybridized carbons (Fsp3) is 0.333. The van der Waals surface area contributed by atoms with E-state index >= 15 is 0 Å². The Labute approximate surface area is 343 Å². The molecular formula is C45H45N4O8S-. The number of aliphatic hydroxyl groups excluding tert-OH is 1. The summed E-state index contributed by atoms with van der Waals surface area (Å²) >= 11 is 0. The molecule has 12 nitrogen and oxygen atoms in total. The van der Waals surface area contributed by atoms with Crippen molar-refractivity contribution in [2.45, 2.75) is 94.7 Å². The van der Waals surface area contributed by atoms with Crippen molar-refractivity contribution in [3.05, 3.63) is 124 Å². The highest BCUT2D eigenvalue weighted by Gasteiger charge is 2.40.